The van der Waals surface area contributed by atoms with Crippen LogP contribution in [0.15, 0.2) is 41.5 Å². The van der Waals surface area contributed by atoms with Crippen LogP contribution in [-0.4, -0.2) is 44.8 Å². The summed E-state index contributed by atoms with van der Waals surface area (Å²) < 4.78 is 10.7. The van der Waals surface area contributed by atoms with Gasteiger partial charge in [-0.2, -0.15) is 0 Å². The van der Waals surface area contributed by atoms with Crippen LogP contribution in [0.4, 0.5) is 5.82 Å². The number of halogens is 1. The number of pyridine rings is 1. The summed E-state index contributed by atoms with van der Waals surface area (Å²) in [6, 6.07) is 10.0. The summed E-state index contributed by atoms with van der Waals surface area (Å²) in [5.41, 5.74) is 2.16. The molecule has 0 bridgehead atoms. The summed E-state index contributed by atoms with van der Waals surface area (Å²) in [6.07, 6.45) is 1.90. The maximum atomic E-state index is 5.37. The van der Waals surface area contributed by atoms with Crippen molar-refractivity contribution in [2.75, 3.05) is 38.8 Å². The summed E-state index contributed by atoms with van der Waals surface area (Å²) in [6.45, 7) is 10.2. The highest BCUT2D eigenvalue weighted by Crippen LogP contribution is 2.27. The summed E-state index contributed by atoms with van der Waals surface area (Å²) >= 11 is 0. The molecular weight excluding hydrogens is 493 g/mol. The third-order valence-corrected chi connectivity index (χ3v) is 4.57. The number of anilines is 1. The zero-order valence-corrected chi connectivity index (χ0v) is 20.9. The standard InChI is InChI=1S/C22H33N5O2.HI/c1-6-23-22(25-14-17-9-11-19(28-4)20(13-17)29-5)26-16-18-10-12-21(24-15-18)27(7-2)8-3;/h9-13,15H,6-8,14,16H2,1-5H3,(H2,23,25,26);1H. The van der Waals surface area contributed by atoms with Crippen LogP contribution in [0.2, 0.25) is 0 Å². The average molecular weight is 527 g/mol. The van der Waals surface area contributed by atoms with Gasteiger partial charge in [-0.05, 0) is 50.1 Å². The molecule has 8 heteroatoms. The van der Waals surface area contributed by atoms with Crippen molar-refractivity contribution in [2.45, 2.75) is 33.9 Å². The number of benzene rings is 1. The van der Waals surface area contributed by atoms with Gasteiger partial charge in [0, 0.05) is 32.4 Å². The van der Waals surface area contributed by atoms with Crippen molar-refractivity contribution in [3.63, 3.8) is 0 Å². The normalized spacial score (nSPS) is 10.8. The van der Waals surface area contributed by atoms with Crippen LogP contribution >= 0.6 is 24.0 Å². The predicted molar refractivity (Wildman–Crippen MR) is 134 cm³/mol. The minimum atomic E-state index is 0. The zero-order valence-electron chi connectivity index (χ0n) is 18.6. The van der Waals surface area contributed by atoms with Crippen LogP contribution in [0.1, 0.15) is 31.9 Å². The molecule has 0 amide bonds. The van der Waals surface area contributed by atoms with Crippen molar-refractivity contribution < 1.29 is 9.47 Å². The molecule has 2 N–H and O–H groups in total. The smallest absolute Gasteiger partial charge is 0.191 e. The van der Waals surface area contributed by atoms with Crippen LogP contribution in [0, 0.1) is 0 Å². The van der Waals surface area contributed by atoms with Gasteiger partial charge in [0.1, 0.15) is 5.82 Å². The summed E-state index contributed by atoms with van der Waals surface area (Å²) in [5.74, 6) is 3.20. The number of hydrogen-bond donors (Lipinski definition) is 2. The van der Waals surface area contributed by atoms with Crippen LogP contribution < -0.4 is 25.0 Å². The number of ether oxygens (including phenoxy) is 2. The Bertz CT molecular complexity index is 780. The van der Waals surface area contributed by atoms with Crippen molar-refractivity contribution in [3.05, 3.63) is 47.7 Å². The van der Waals surface area contributed by atoms with E-state index in [2.05, 4.69) is 51.5 Å². The maximum Gasteiger partial charge on any atom is 0.191 e. The molecule has 0 saturated carbocycles. The first kappa shape index (κ1) is 25.8. The van der Waals surface area contributed by atoms with Gasteiger partial charge in [0.15, 0.2) is 17.5 Å². The molecule has 0 aliphatic heterocycles. The predicted octanol–water partition coefficient (Wildman–Crippen LogP) is 3.82. The first-order chi connectivity index (χ1) is 14.1. The fraction of sp³-hybridized carbons (Fsp3) is 0.455. The molecule has 30 heavy (non-hydrogen) atoms. The van der Waals surface area contributed by atoms with Gasteiger partial charge in [-0.3, -0.25) is 0 Å². The van der Waals surface area contributed by atoms with E-state index in [4.69, 9.17) is 9.47 Å². The molecule has 2 rings (SSSR count). The minimum absolute atomic E-state index is 0. The Morgan fingerprint density at radius 3 is 2.23 bits per heavy atom. The lowest BCUT2D eigenvalue weighted by molar-refractivity contribution is 0.354. The third kappa shape index (κ3) is 7.55. The van der Waals surface area contributed by atoms with E-state index in [-0.39, 0.29) is 24.0 Å². The summed E-state index contributed by atoms with van der Waals surface area (Å²) in [4.78, 5) is 11.5. The Balaban J connectivity index is 0.00000450. The number of aromatic nitrogens is 1. The van der Waals surface area contributed by atoms with E-state index in [1.807, 2.05) is 31.3 Å². The van der Waals surface area contributed by atoms with Crippen molar-refractivity contribution in [1.82, 2.24) is 15.6 Å². The van der Waals surface area contributed by atoms with Crippen molar-refractivity contribution in [1.29, 1.82) is 0 Å². The van der Waals surface area contributed by atoms with E-state index >= 15 is 0 Å². The topological polar surface area (TPSA) is 71.0 Å². The van der Waals surface area contributed by atoms with Crippen molar-refractivity contribution >= 4 is 35.8 Å². The molecule has 0 radical (unpaired) electrons. The minimum Gasteiger partial charge on any atom is -0.493 e. The van der Waals surface area contributed by atoms with Crippen molar-refractivity contribution in [2.24, 2.45) is 4.99 Å². The number of methoxy groups -OCH3 is 2. The van der Waals surface area contributed by atoms with Gasteiger partial charge in [0.25, 0.3) is 0 Å². The molecule has 0 aliphatic rings. The SMILES string of the molecule is CCNC(=NCc1ccc(N(CC)CC)nc1)NCc1ccc(OC)c(OC)c1.I. The van der Waals surface area contributed by atoms with Crippen molar-refractivity contribution in [3.8, 4) is 11.5 Å². The highest BCUT2D eigenvalue weighted by molar-refractivity contribution is 14.0. The molecule has 1 aromatic heterocycles. The molecule has 7 nitrogen and oxygen atoms in total. The van der Waals surface area contributed by atoms with Crippen LogP contribution in [0.25, 0.3) is 0 Å². The van der Waals surface area contributed by atoms with E-state index < -0.39 is 0 Å². The largest absolute Gasteiger partial charge is 0.493 e. The second kappa shape index (κ2) is 13.9. The Labute approximate surface area is 197 Å². The molecule has 0 atom stereocenters. The van der Waals surface area contributed by atoms with E-state index in [9.17, 15) is 0 Å². The summed E-state index contributed by atoms with van der Waals surface area (Å²) in [7, 11) is 3.27. The first-order valence-corrected chi connectivity index (χ1v) is 10.1. The summed E-state index contributed by atoms with van der Waals surface area (Å²) in [5, 5.41) is 6.63. The number of nitrogens with one attached hydrogen (secondary N) is 2. The number of nitrogens with zero attached hydrogens (tertiary/aromatic N) is 3. The highest BCUT2D eigenvalue weighted by Gasteiger charge is 2.06. The van der Waals surface area contributed by atoms with Gasteiger partial charge >= 0.3 is 0 Å². The third-order valence-electron chi connectivity index (χ3n) is 4.57. The molecule has 0 spiro atoms. The van der Waals surface area contributed by atoms with Crippen LogP contribution in [-0.2, 0) is 13.1 Å². The quantitative estimate of drug-likeness (QED) is 0.278. The molecule has 0 unspecified atom stereocenters. The Hall–Kier alpha value is -2.23. The fourth-order valence-corrected chi connectivity index (χ4v) is 2.93. The van der Waals surface area contributed by atoms with Gasteiger partial charge in [0.05, 0.1) is 20.8 Å². The molecule has 0 fully saturated rings. The van der Waals surface area contributed by atoms with Gasteiger partial charge in [0.2, 0.25) is 0 Å². The lowest BCUT2D eigenvalue weighted by atomic mass is 10.2. The monoisotopic (exact) mass is 527 g/mol. The van der Waals surface area contributed by atoms with Gasteiger partial charge < -0.3 is 25.0 Å². The van der Waals surface area contributed by atoms with E-state index in [0.29, 0.717) is 18.8 Å². The zero-order chi connectivity index (χ0) is 21.1. The van der Waals surface area contributed by atoms with E-state index in [1.54, 1.807) is 14.2 Å². The molecule has 0 aliphatic carbocycles. The molecule has 166 valence electrons. The Kier molecular flexibility index (Phi) is 12.0. The molecule has 0 saturated heterocycles. The molecule has 2 aromatic rings. The maximum absolute atomic E-state index is 5.37. The van der Waals surface area contributed by atoms with Gasteiger partial charge in [-0.15, -0.1) is 24.0 Å². The lowest BCUT2D eigenvalue weighted by Crippen LogP contribution is -2.36. The Morgan fingerprint density at radius 2 is 1.67 bits per heavy atom. The van der Waals surface area contributed by atoms with Crippen LogP contribution in [0.3, 0.4) is 0 Å². The fourth-order valence-electron chi connectivity index (χ4n) is 2.93. The number of aliphatic imine (C=N–C) groups is 1. The average Bonchev–Trinajstić information content (AvgIpc) is 2.77. The lowest BCUT2D eigenvalue weighted by Gasteiger charge is -2.19. The second-order valence-corrected chi connectivity index (χ2v) is 6.43. The first-order valence-electron chi connectivity index (χ1n) is 10.1. The van der Waals surface area contributed by atoms with E-state index in [1.165, 1.54) is 0 Å². The Morgan fingerprint density at radius 1 is 0.967 bits per heavy atom. The second-order valence-electron chi connectivity index (χ2n) is 6.43. The number of hydrogen-bond acceptors (Lipinski definition) is 5. The van der Waals surface area contributed by atoms with Gasteiger partial charge in [-0.1, -0.05) is 12.1 Å². The molecule has 1 heterocycles. The molecule has 1 aromatic carbocycles. The molecular formula is C22H34IN5O2. The highest BCUT2D eigenvalue weighted by atomic mass is 127. The number of rotatable bonds is 10. The van der Waals surface area contributed by atoms with Crippen LogP contribution in [0.5, 0.6) is 11.5 Å². The van der Waals surface area contributed by atoms with Gasteiger partial charge in [-0.25, -0.2) is 9.98 Å². The number of guanidine groups is 1. The van der Waals surface area contributed by atoms with E-state index in [0.717, 1.165) is 48.3 Å².